The standard InChI is InChI=1S/C18H23N3O3/c1-3-4-10-21-13(2)15(12-19-21)17(22)20-16(18(23)24)11-14-8-6-5-7-9-14/h5-9,12,16H,3-4,10-11H2,1-2H3,(H,20,22)(H,23,24)/t16-/m1/s1. The van der Waals surface area contributed by atoms with Gasteiger partial charge < -0.3 is 10.4 Å². The normalized spacial score (nSPS) is 11.9. The molecule has 1 aromatic carbocycles. The summed E-state index contributed by atoms with van der Waals surface area (Å²) in [5.74, 6) is -1.46. The van der Waals surface area contributed by atoms with Crippen molar-refractivity contribution in [2.75, 3.05) is 0 Å². The Labute approximate surface area is 141 Å². The number of carboxylic acids is 1. The molecule has 0 fully saturated rings. The van der Waals surface area contributed by atoms with E-state index in [1.165, 1.54) is 6.20 Å². The first-order valence-corrected chi connectivity index (χ1v) is 8.13. The van der Waals surface area contributed by atoms with Gasteiger partial charge in [-0.2, -0.15) is 5.10 Å². The number of carboxylic acid groups (broad SMARTS) is 1. The number of nitrogens with one attached hydrogen (secondary N) is 1. The van der Waals surface area contributed by atoms with Gasteiger partial charge in [0.15, 0.2) is 0 Å². The maximum atomic E-state index is 12.4. The molecule has 6 heteroatoms. The highest BCUT2D eigenvalue weighted by Crippen LogP contribution is 2.10. The van der Waals surface area contributed by atoms with Gasteiger partial charge in [-0.25, -0.2) is 4.79 Å². The van der Waals surface area contributed by atoms with E-state index in [-0.39, 0.29) is 6.42 Å². The van der Waals surface area contributed by atoms with Gasteiger partial charge in [0.25, 0.3) is 5.91 Å². The van der Waals surface area contributed by atoms with Crippen molar-refractivity contribution >= 4 is 11.9 Å². The molecule has 2 aromatic rings. The highest BCUT2D eigenvalue weighted by molar-refractivity contribution is 5.97. The number of rotatable bonds is 8. The van der Waals surface area contributed by atoms with E-state index in [0.29, 0.717) is 5.56 Å². The summed E-state index contributed by atoms with van der Waals surface area (Å²) in [6.07, 6.45) is 3.76. The van der Waals surface area contributed by atoms with Crippen LogP contribution in [-0.2, 0) is 17.8 Å². The van der Waals surface area contributed by atoms with Gasteiger partial charge >= 0.3 is 5.97 Å². The molecule has 0 aliphatic heterocycles. The Morgan fingerprint density at radius 1 is 1.29 bits per heavy atom. The van der Waals surface area contributed by atoms with Crippen LogP contribution >= 0.6 is 0 Å². The first-order chi connectivity index (χ1) is 11.5. The lowest BCUT2D eigenvalue weighted by atomic mass is 10.1. The van der Waals surface area contributed by atoms with E-state index in [0.717, 1.165) is 30.6 Å². The van der Waals surface area contributed by atoms with Crippen LogP contribution in [0.1, 0.15) is 41.4 Å². The van der Waals surface area contributed by atoms with Crippen molar-refractivity contribution in [3.05, 3.63) is 53.3 Å². The van der Waals surface area contributed by atoms with Crippen LogP contribution in [0, 0.1) is 6.92 Å². The Morgan fingerprint density at radius 3 is 2.62 bits per heavy atom. The van der Waals surface area contributed by atoms with Gasteiger partial charge in [-0.15, -0.1) is 0 Å². The molecule has 6 nitrogen and oxygen atoms in total. The number of nitrogens with zero attached hydrogens (tertiary/aromatic N) is 2. The second-order valence-corrected chi connectivity index (χ2v) is 5.77. The second kappa shape index (κ2) is 8.29. The molecule has 0 aliphatic carbocycles. The Bertz CT molecular complexity index is 695. The molecule has 1 atom stereocenters. The molecule has 0 radical (unpaired) electrons. The lowest BCUT2D eigenvalue weighted by Gasteiger charge is -2.14. The number of carbonyl (C=O) groups excluding carboxylic acids is 1. The Kier molecular flexibility index (Phi) is 6.12. The summed E-state index contributed by atoms with van der Waals surface area (Å²) >= 11 is 0. The van der Waals surface area contributed by atoms with Crippen LogP contribution in [0.4, 0.5) is 0 Å². The van der Waals surface area contributed by atoms with Crippen molar-refractivity contribution in [3.63, 3.8) is 0 Å². The van der Waals surface area contributed by atoms with E-state index in [1.807, 2.05) is 37.3 Å². The van der Waals surface area contributed by atoms with Crippen molar-refractivity contribution in [2.45, 2.75) is 45.7 Å². The van der Waals surface area contributed by atoms with Crippen LogP contribution in [0.2, 0.25) is 0 Å². The molecule has 0 aliphatic rings. The molecule has 0 unspecified atom stereocenters. The fourth-order valence-corrected chi connectivity index (χ4v) is 2.49. The maximum absolute atomic E-state index is 12.4. The van der Waals surface area contributed by atoms with Crippen LogP contribution in [0.3, 0.4) is 0 Å². The number of aromatic nitrogens is 2. The summed E-state index contributed by atoms with van der Waals surface area (Å²) in [7, 11) is 0. The van der Waals surface area contributed by atoms with E-state index < -0.39 is 17.9 Å². The van der Waals surface area contributed by atoms with E-state index in [2.05, 4.69) is 17.3 Å². The van der Waals surface area contributed by atoms with Crippen LogP contribution in [0.5, 0.6) is 0 Å². The number of aliphatic carboxylic acids is 1. The van der Waals surface area contributed by atoms with Gasteiger partial charge in [0.2, 0.25) is 0 Å². The predicted octanol–water partition coefficient (Wildman–Crippen LogP) is 2.42. The average Bonchev–Trinajstić information content (AvgIpc) is 2.94. The average molecular weight is 329 g/mol. The van der Waals surface area contributed by atoms with Crippen LogP contribution in [-0.4, -0.2) is 32.8 Å². The highest BCUT2D eigenvalue weighted by atomic mass is 16.4. The number of benzene rings is 1. The van der Waals surface area contributed by atoms with Gasteiger partial charge in [0, 0.05) is 18.7 Å². The zero-order valence-electron chi connectivity index (χ0n) is 14.0. The minimum atomic E-state index is -1.05. The minimum Gasteiger partial charge on any atom is -0.480 e. The zero-order chi connectivity index (χ0) is 17.5. The Hall–Kier alpha value is -2.63. The molecular weight excluding hydrogens is 306 g/mol. The molecule has 0 saturated carbocycles. The van der Waals surface area contributed by atoms with E-state index in [1.54, 1.807) is 4.68 Å². The predicted molar refractivity (Wildman–Crippen MR) is 90.9 cm³/mol. The third-order valence-electron chi connectivity index (χ3n) is 3.96. The number of amides is 1. The van der Waals surface area contributed by atoms with Gasteiger partial charge in [-0.05, 0) is 18.9 Å². The minimum absolute atomic E-state index is 0.241. The number of hydrogen-bond donors (Lipinski definition) is 2. The summed E-state index contributed by atoms with van der Waals surface area (Å²) in [6, 6.07) is 8.27. The summed E-state index contributed by atoms with van der Waals surface area (Å²) in [6.45, 7) is 4.67. The highest BCUT2D eigenvalue weighted by Gasteiger charge is 2.23. The van der Waals surface area contributed by atoms with Crippen molar-refractivity contribution in [1.29, 1.82) is 0 Å². The van der Waals surface area contributed by atoms with Gasteiger partial charge in [-0.3, -0.25) is 9.48 Å². The monoisotopic (exact) mass is 329 g/mol. The van der Waals surface area contributed by atoms with Crippen molar-refractivity contribution in [2.24, 2.45) is 0 Å². The number of hydrogen-bond acceptors (Lipinski definition) is 3. The summed E-state index contributed by atoms with van der Waals surface area (Å²) < 4.78 is 1.78. The molecule has 0 bridgehead atoms. The quantitative estimate of drug-likeness (QED) is 0.779. The molecule has 24 heavy (non-hydrogen) atoms. The smallest absolute Gasteiger partial charge is 0.326 e. The molecule has 1 amide bonds. The largest absolute Gasteiger partial charge is 0.480 e. The van der Waals surface area contributed by atoms with Crippen molar-refractivity contribution < 1.29 is 14.7 Å². The van der Waals surface area contributed by atoms with Crippen LogP contribution in [0.15, 0.2) is 36.5 Å². The number of unbranched alkanes of at least 4 members (excludes halogenated alkanes) is 1. The summed E-state index contributed by atoms with van der Waals surface area (Å²) in [5, 5.41) is 16.2. The molecule has 1 aromatic heterocycles. The van der Waals surface area contributed by atoms with Gasteiger partial charge in [0.05, 0.1) is 11.8 Å². The fraction of sp³-hybridized carbons (Fsp3) is 0.389. The first-order valence-electron chi connectivity index (χ1n) is 8.13. The molecule has 0 spiro atoms. The van der Waals surface area contributed by atoms with Crippen LogP contribution < -0.4 is 5.32 Å². The zero-order valence-corrected chi connectivity index (χ0v) is 14.0. The SMILES string of the molecule is CCCCn1ncc(C(=O)N[C@H](Cc2ccccc2)C(=O)O)c1C. The number of carbonyl (C=O) groups is 2. The van der Waals surface area contributed by atoms with Gasteiger partial charge in [0.1, 0.15) is 6.04 Å². The van der Waals surface area contributed by atoms with Crippen molar-refractivity contribution in [1.82, 2.24) is 15.1 Å². The molecule has 128 valence electrons. The fourth-order valence-electron chi connectivity index (χ4n) is 2.49. The second-order valence-electron chi connectivity index (χ2n) is 5.77. The summed E-state index contributed by atoms with van der Waals surface area (Å²) in [4.78, 5) is 23.9. The summed E-state index contributed by atoms with van der Waals surface area (Å²) in [5.41, 5.74) is 2.04. The third-order valence-corrected chi connectivity index (χ3v) is 3.96. The Balaban J connectivity index is 2.08. The van der Waals surface area contributed by atoms with E-state index >= 15 is 0 Å². The third kappa shape index (κ3) is 4.44. The Morgan fingerprint density at radius 2 is 2.00 bits per heavy atom. The lowest BCUT2D eigenvalue weighted by molar-refractivity contribution is -0.139. The molecule has 2 N–H and O–H groups in total. The lowest BCUT2D eigenvalue weighted by Crippen LogP contribution is -2.42. The molecular formula is C18H23N3O3. The van der Waals surface area contributed by atoms with Crippen LogP contribution in [0.25, 0.3) is 0 Å². The molecule has 0 saturated heterocycles. The van der Waals surface area contributed by atoms with E-state index in [9.17, 15) is 14.7 Å². The van der Waals surface area contributed by atoms with E-state index in [4.69, 9.17) is 0 Å². The topological polar surface area (TPSA) is 84.2 Å². The van der Waals surface area contributed by atoms with Crippen molar-refractivity contribution in [3.8, 4) is 0 Å². The molecule has 2 rings (SSSR count). The molecule has 1 heterocycles. The number of aryl methyl sites for hydroxylation is 1. The van der Waals surface area contributed by atoms with Gasteiger partial charge in [-0.1, -0.05) is 43.7 Å². The maximum Gasteiger partial charge on any atom is 0.326 e. The first kappa shape index (κ1) is 17.7.